The molecule has 7 heteroatoms. The fourth-order valence-corrected chi connectivity index (χ4v) is 3.44. The highest BCUT2D eigenvalue weighted by Gasteiger charge is 2.14. The summed E-state index contributed by atoms with van der Waals surface area (Å²) in [5.74, 6) is 0.427. The van der Waals surface area contributed by atoms with Crippen molar-refractivity contribution in [3.63, 3.8) is 0 Å². The molecule has 3 amide bonds. The summed E-state index contributed by atoms with van der Waals surface area (Å²) in [7, 11) is 3.51. The lowest BCUT2D eigenvalue weighted by Gasteiger charge is -2.10. The van der Waals surface area contributed by atoms with Gasteiger partial charge in [0, 0.05) is 30.7 Å². The molecule has 0 spiro atoms. The van der Waals surface area contributed by atoms with E-state index in [1.54, 1.807) is 13.3 Å². The van der Waals surface area contributed by atoms with Crippen molar-refractivity contribution < 1.29 is 14.3 Å². The zero-order valence-electron chi connectivity index (χ0n) is 16.7. The highest BCUT2D eigenvalue weighted by molar-refractivity contribution is 6.07. The van der Waals surface area contributed by atoms with Gasteiger partial charge >= 0.3 is 6.03 Å². The minimum absolute atomic E-state index is 0.331. The molecule has 30 heavy (non-hydrogen) atoms. The maximum Gasteiger partial charge on any atom is 0.333 e. The van der Waals surface area contributed by atoms with Crippen LogP contribution in [0.25, 0.3) is 21.7 Å². The Hall–Kier alpha value is -4.00. The summed E-state index contributed by atoms with van der Waals surface area (Å²) in [5.41, 5.74) is 7.25. The maximum atomic E-state index is 12.5. The van der Waals surface area contributed by atoms with Crippen LogP contribution in [-0.4, -0.2) is 23.6 Å². The van der Waals surface area contributed by atoms with Crippen LogP contribution in [0.2, 0.25) is 0 Å². The van der Waals surface area contributed by atoms with Crippen LogP contribution in [0, 0.1) is 0 Å². The van der Waals surface area contributed by atoms with Gasteiger partial charge in [0.25, 0.3) is 5.91 Å². The van der Waals surface area contributed by atoms with Crippen molar-refractivity contribution in [1.82, 2.24) is 20.7 Å². The predicted octanol–water partition coefficient (Wildman–Crippen LogP) is 3.48. The van der Waals surface area contributed by atoms with Crippen LogP contribution >= 0.6 is 0 Å². The number of carbonyl (C=O) groups excluding carboxylic acids is 2. The van der Waals surface area contributed by atoms with Gasteiger partial charge in [0.15, 0.2) is 0 Å². The van der Waals surface area contributed by atoms with Crippen LogP contribution in [0.5, 0.6) is 5.75 Å². The molecule has 0 aliphatic carbocycles. The number of amides is 3. The standard InChI is InChI=1S/C23H22N4O3/c1-27-14-20(19-5-3-4-6-21(19)27)22(28)25-26-23(29)24-13-15-7-8-17-12-18(30-2)10-9-16(17)11-15/h3-12,14H,13H2,1-2H3,(H,25,28)(H2,24,26,29). The van der Waals surface area contributed by atoms with Crippen LogP contribution in [0.15, 0.2) is 66.9 Å². The number of fused-ring (bicyclic) bond motifs is 2. The molecule has 0 aliphatic rings. The van der Waals surface area contributed by atoms with Crippen molar-refractivity contribution in [1.29, 1.82) is 0 Å². The molecular weight excluding hydrogens is 380 g/mol. The molecule has 0 saturated heterocycles. The fourth-order valence-electron chi connectivity index (χ4n) is 3.44. The Morgan fingerprint density at radius 1 is 0.967 bits per heavy atom. The number of aryl methyl sites for hydroxylation is 1. The highest BCUT2D eigenvalue weighted by Crippen LogP contribution is 2.22. The van der Waals surface area contributed by atoms with Gasteiger partial charge in [0.2, 0.25) is 0 Å². The van der Waals surface area contributed by atoms with Gasteiger partial charge in [-0.3, -0.25) is 10.2 Å². The van der Waals surface area contributed by atoms with E-state index in [-0.39, 0.29) is 5.91 Å². The molecule has 1 aromatic heterocycles. The first-order valence-corrected chi connectivity index (χ1v) is 9.50. The Bertz CT molecular complexity index is 1250. The van der Waals surface area contributed by atoms with E-state index in [2.05, 4.69) is 16.2 Å². The second kappa shape index (κ2) is 8.16. The smallest absolute Gasteiger partial charge is 0.333 e. The van der Waals surface area contributed by atoms with Crippen molar-refractivity contribution in [2.75, 3.05) is 7.11 Å². The lowest BCUT2D eigenvalue weighted by atomic mass is 10.1. The Kier molecular flexibility index (Phi) is 5.26. The number of aromatic nitrogens is 1. The third-order valence-electron chi connectivity index (χ3n) is 5.00. The number of nitrogens with zero attached hydrogens (tertiary/aromatic N) is 1. The topological polar surface area (TPSA) is 84.4 Å². The van der Waals surface area contributed by atoms with Gasteiger partial charge in [0.05, 0.1) is 12.7 Å². The number of para-hydroxylation sites is 1. The Labute approximate surface area is 173 Å². The monoisotopic (exact) mass is 402 g/mol. The third-order valence-corrected chi connectivity index (χ3v) is 5.00. The molecule has 0 atom stereocenters. The molecule has 152 valence electrons. The number of ether oxygens (including phenoxy) is 1. The fraction of sp³-hybridized carbons (Fsp3) is 0.130. The Balaban J connectivity index is 1.34. The van der Waals surface area contributed by atoms with Crippen molar-refractivity contribution in [3.8, 4) is 5.75 Å². The van der Waals surface area contributed by atoms with E-state index in [0.29, 0.717) is 12.1 Å². The van der Waals surface area contributed by atoms with Gasteiger partial charge in [-0.1, -0.05) is 36.4 Å². The van der Waals surface area contributed by atoms with E-state index in [1.165, 1.54) is 0 Å². The van der Waals surface area contributed by atoms with Crippen LogP contribution in [0.1, 0.15) is 15.9 Å². The highest BCUT2D eigenvalue weighted by atomic mass is 16.5. The largest absolute Gasteiger partial charge is 0.497 e. The van der Waals surface area contributed by atoms with Gasteiger partial charge < -0.3 is 14.6 Å². The van der Waals surface area contributed by atoms with E-state index in [4.69, 9.17) is 4.74 Å². The molecule has 0 fully saturated rings. The van der Waals surface area contributed by atoms with E-state index in [9.17, 15) is 9.59 Å². The minimum Gasteiger partial charge on any atom is -0.497 e. The first-order chi connectivity index (χ1) is 14.5. The molecule has 0 unspecified atom stereocenters. The van der Waals surface area contributed by atoms with Gasteiger partial charge in [-0.05, 0) is 40.6 Å². The number of hydrogen-bond donors (Lipinski definition) is 3. The van der Waals surface area contributed by atoms with E-state index in [0.717, 1.165) is 33.0 Å². The lowest BCUT2D eigenvalue weighted by molar-refractivity contribution is 0.0937. The Morgan fingerprint density at radius 2 is 1.73 bits per heavy atom. The first kappa shape index (κ1) is 19.3. The summed E-state index contributed by atoms with van der Waals surface area (Å²) >= 11 is 0. The normalized spacial score (nSPS) is 10.7. The SMILES string of the molecule is COc1ccc2cc(CNC(=O)NNC(=O)c3cn(C)c4ccccc34)ccc2c1. The summed E-state index contributed by atoms with van der Waals surface area (Å²) in [6, 6.07) is 18.9. The third kappa shape index (κ3) is 3.91. The van der Waals surface area contributed by atoms with Gasteiger partial charge in [-0.15, -0.1) is 0 Å². The van der Waals surface area contributed by atoms with E-state index in [1.807, 2.05) is 72.3 Å². The Morgan fingerprint density at radius 3 is 2.57 bits per heavy atom. The summed E-state index contributed by atoms with van der Waals surface area (Å²) in [5, 5.41) is 5.68. The number of hydrazine groups is 1. The molecule has 3 aromatic carbocycles. The molecular formula is C23H22N4O3. The zero-order valence-corrected chi connectivity index (χ0v) is 16.7. The van der Waals surface area contributed by atoms with Crippen LogP contribution < -0.4 is 20.9 Å². The summed E-state index contributed by atoms with van der Waals surface area (Å²) in [4.78, 5) is 24.6. The number of benzene rings is 3. The average molecular weight is 402 g/mol. The molecule has 7 nitrogen and oxygen atoms in total. The van der Waals surface area contributed by atoms with Crippen molar-refractivity contribution in [3.05, 3.63) is 78.0 Å². The number of urea groups is 1. The van der Waals surface area contributed by atoms with E-state index >= 15 is 0 Å². The van der Waals surface area contributed by atoms with Crippen LogP contribution in [0.4, 0.5) is 4.79 Å². The zero-order chi connectivity index (χ0) is 21.1. The lowest BCUT2D eigenvalue weighted by Crippen LogP contribution is -2.46. The summed E-state index contributed by atoms with van der Waals surface area (Å²) < 4.78 is 7.11. The molecule has 0 bridgehead atoms. The average Bonchev–Trinajstić information content (AvgIpc) is 3.12. The molecule has 4 aromatic rings. The predicted molar refractivity (Wildman–Crippen MR) is 116 cm³/mol. The van der Waals surface area contributed by atoms with Crippen LogP contribution in [0.3, 0.4) is 0 Å². The number of carbonyl (C=O) groups is 2. The number of methoxy groups -OCH3 is 1. The number of hydrogen-bond acceptors (Lipinski definition) is 3. The van der Waals surface area contributed by atoms with Gasteiger partial charge in [-0.2, -0.15) is 0 Å². The molecule has 3 N–H and O–H groups in total. The molecule has 0 saturated carbocycles. The number of rotatable bonds is 4. The molecule has 0 radical (unpaired) electrons. The molecule has 4 rings (SSSR count). The van der Waals surface area contributed by atoms with Gasteiger partial charge in [0.1, 0.15) is 5.75 Å². The first-order valence-electron chi connectivity index (χ1n) is 9.50. The quantitative estimate of drug-likeness (QED) is 0.457. The second-order valence-corrected chi connectivity index (χ2v) is 6.98. The minimum atomic E-state index is -0.488. The number of nitrogens with one attached hydrogen (secondary N) is 3. The second-order valence-electron chi connectivity index (χ2n) is 6.98. The van der Waals surface area contributed by atoms with Crippen molar-refractivity contribution in [2.45, 2.75) is 6.54 Å². The van der Waals surface area contributed by atoms with Gasteiger partial charge in [-0.25, -0.2) is 10.2 Å². The van der Waals surface area contributed by atoms with Crippen molar-refractivity contribution >= 4 is 33.6 Å². The molecule has 1 heterocycles. The van der Waals surface area contributed by atoms with Crippen molar-refractivity contribution in [2.24, 2.45) is 7.05 Å². The maximum absolute atomic E-state index is 12.5. The van der Waals surface area contributed by atoms with Crippen LogP contribution in [-0.2, 0) is 13.6 Å². The summed E-state index contributed by atoms with van der Waals surface area (Å²) in [6.45, 7) is 0.331. The van der Waals surface area contributed by atoms with E-state index < -0.39 is 6.03 Å². The molecule has 0 aliphatic heterocycles. The summed E-state index contributed by atoms with van der Waals surface area (Å²) in [6.07, 6.45) is 1.74.